The highest BCUT2D eigenvalue weighted by Gasteiger charge is 2.26. The number of aromatic nitrogens is 3. The maximum absolute atomic E-state index is 13.1. The van der Waals surface area contributed by atoms with Crippen molar-refractivity contribution < 1.29 is 14.3 Å². The van der Waals surface area contributed by atoms with Crippen LogP contribution in [0.4, 0.5) is 5.82 Å². The SMILES string of the molecule is CN1CCc2nc3ccccc3c(C(=O)OCC(=O)Nc3cc(=O)n(C)c(=O)n3C)c2C1. The van der Waals surface area contributed by atoms with Crippen LogP contribution in [-0.4, -0.2) is 51.1 Å². The maximum Gasteiger partial charge on any atom is 0.339 e. The summed E-state index contributed by atoms with van der Waals surface area (Å²) in [5.41, 5.74) is 1.63. The van der Waals surface area contributed by atoms with Crippen LogP contribution in [0, 0.1) is 0 Å². The highest BCUT2D eigenvalue weighted by Crippen LogP contribution is 2.28. The predicted molar refractivity (Wildman–Crippen MR) is 118 cm³/mol. The summed E-state index contributed by atoms with van der Waals surface area (Å²) in [6.45, 7) is 0.827. The van der Waals surface area contributed by atoms with Crippen molar-refractivity contribution in [2.24, 2.45) is 14.1 Å². The molecule has 1 aromatic carbocycles. The zero-order valence-electron chi connectivity index (χ0n) is 18.0. The number of anilines is 1. The fourth-order valence-electron chi connectivity index (χ4n) is 3.79. The second-order valence-corrected chi connectivity index (χ2v) is 7.81. The maximum atomic E-state index is 13.1. The van der Waals surface area contributed by atoms with Crippen LogP contribution in [-0.2, 0) is 36.6 Å². The minimum atomic E-state index is -0.661. The van der Waals surface area contributed by atoms with Gasteiger partial charge in [0.1, 0.15) is 5.82 Å². The lowest BCUT2D eigenvalue weighted by Gasteiger charge is -2.26. The van der Waals surface area contributed by atoms with Gasteiger partial charge in [0.25, 0.3) is 11.5 Å². The first-order valence-corrected chi connectivity index (χ1v) is 10.1. The molecule has 166 valence electrons. The number of likely N-dealkylation sites (N-methyl/N-ethyl adjacent to an activating group) is 1. The molecule has 0 saturated carbocycles. The number of rotatable bonds is 4. The fraction of sp³-hybridized carbons (Fsp3) is 0.318. The Morgan fingerprint density at radius 1 is 1.12 bits per heavy atom. The Morgan fingerprint density at radius 2 is 1.88 bits per heavy atom. The van der Waals surface area contributed by atoms with Crippen molar-refractivity contribution in [3.8, 4) is 0 Å². The molecule has 2 aromatic heterocycles. The summed E-state index contributed by atoms with van der Waals surface area (Å²) in [7, 11) is 4.74. The van der Waals surface area contributed by atoms with Crippen molar-refractivity contribution in [3.63, 3.8) is 0 Å². The predicted octanol–water partition coefficient (Wildman–Crippen LogP) is 0.416. The normalized spacial score (nSPS) is 13.6. The second kappa shape index (κ2) is 8.39. The van der Waals surface area contributed by atoms with E-state index in [0.29, 0.717) is 29.4 Å². The number of hydrogen-bond donors (Lipinski definition) is 1. The Balaban J connectivity index is 1.58. The van der Waals surface area contributed by atoms with Gasteiger partial charge in [-0.2, -0.15) is 0 Å². The van der Waals surface area contributed by atoms with Crippen molar-refractivity contribution in [2.45, 2.75) is 13.0 Å². The van der Waals surface area contributed by atoms with Crippen molar-refractivity contribution in [1.82, 2.24) is 19.0 Å². The molecule has 0 bridgehead atoms. The monoisotopic (exact) mass is 437 g/mol. The number of pyridine rings is 1. The number of benzene rings is 1. The van der Waals surface area contributed by atoms with Crippen LogP contribution >= 0.6 is 0 Å². The Hall–Kier alpha value is -3.79. The van der Waals surface area contributed by atoms with Gasteiger partial charge in [-0.1, -0.05) is 18.2 Å². The van der Waals surface area contributed by atoms with E-state index in [1.54, 1.807) is 0 Å². The van der Waals surface area contributed by atoms with E-state index in [-0.39, 0.29) is 5.82 Å². The third kappa shape index (κ3) is 3.92. The molecule has 4 rings (SSSR count). The van der Waals surface area contributed by atoms with Crippen molar-refractivity contribution in [1.29, 1.82) is 0 Å². The number of ether oxygens (including phenoxy) is 1. The average Bonchev–Trinajstić information content (AvgIpc) is 2.78. The summed E-state index contributed by atoms with van der Waals surface area (Å²) < 4.78 is 7.38. The Kier molecular flexibility index (Phi) is 5.62. The molecule has 0 fully saturated rings. The molecule has 1 aliphatic rings. The van der Waals surface area contributed by atoms with Gasteiger partial charge in [-0.05, 0) is 13.1 Å². The van der Waals surface area contributed by atoms with Gasteiger partial charge in [-0.15, -0.1) is 0 Å². The van der Waals surface area contributed by atoms with Gasteiger partial charge in [-0.25, -0.2) is 9.59 Å². The van der Waals surface area contributed by atoms with E-state index in [1.165, 1.54) is 14.1 Å². The Labute approximate surface area is 183 Å². The first-order valence-electron chi connectivity index (χ1n) is 10.1. The number of amides is 1. The van der Waals surface area contributed by atoms with E-state index in [4.69, 9.17) is 9.72 Å². The van der Waals surface area contributed by atoms with Crippen LogP contribution in [0.5, 0.6) is 0 Å². The highest BCUT2D eigenvalue weighted by atomic mass is 16.5. The summed E-state index contributed by atoms with van der Waals surface area (Å²) in [6.07, 6.45) is 0.717. The molecular formula is C22H23N5O5. The second-order valence-electron chi connectivity index (χ2n) is 7.81. The third-order valence-corrected chi connectivity index (χ3v) is 5.57. The summed E-state index contributed by atoms with van der Waals surface area (Å²) in [4.78, 5) is 56.1. The molecule has 0 unspecified atom stereocenters. The lowest BCUT2D eigenvalue weighted by molar-refractivity contribution is -0.119. The summed E-state index contributed by atoms with van der Waals surface area (Å²) in [5.74, 6) is -1.26. The molecule has 0 saturated heterocycles. The average molecular weight is 437 g/mol. The molecule has 32 heavy (non-hydrogen) atoms. The molecule has 0 spiro atoms. The first kappa shape index (κ1) is 21.4. The van der Waals surface area contributed by atoms with Gasteiger partial charge >= 0.3 is 11.7 Å². The molecule has 0 radical (unpaired) electrons. The molecule has 3 aromatic rings. The smallest absolute Gasteiger partial charge is 0.339 e. The van der Waals surface area contributed by atoms with Crippen LogP contribution in [0.1, 0.15) is 21.6 Å². The van der Waals surface area contributed by atoms with Gasteiger partial charge < -0.3 is 15.0 Å². The quantitative estimate of drug-likeness (QED) is 0.588. The third-order valence-electron chi connectivity index (χ3n) is 5.57. The molecular weight excluding hydrogens is 414 g/mol. The lowest BCUT2D eigenvalue weighted by atomic mass is 9.96. The molecule has 1 aliphatic heterocycles. The van der Waals surface area contributed by atoms with Gasteiger partial charge in [0, 0.05) is 56.3 Å². The van der Waals surface area contributed by atoms with E-state index < -0.39 is 29.7 Å². The van der Waals surface area contributed by atoms with Crippen molar-refractivity contribution >= 4 is 28.6 Å². The number of hydrogen-bond acceptors (Lipinski definition) is 7. The van der Waals surface area contributed by atoms with Gasteiger partial charge in [0.2, 0.25) is 0 Å². The summed E-state index contributed by atoms with van der Waals surface area (Å²) in [5, 5.41) is 3.11. The number of nitrogens with one attached hydrogen (secondary N) is 1. The number of esters is 1. The highest BCUT2D eigenvalue weighted by molar-refractivity contribution is 6.06. The lowest BCUT2D eigenvalue weighted by Crippen LogP contribution is -2.38. The molecule has 3 heterocycles. The van der Waals surface area contributed by atoms with E-state index in [9.17, 15) is 19.2 Å². The van der Waals surface area contributed by atoms with E-state index in [2.05, 4.69) is 10.2 Å². The van der Waals surface area contributed by atoms with E-state index in [0.717, 1.165) is 33.0 Å². The summed E-state index contributed by atoms with van der Waals surface area (Å²) in [6, 6.07) is 8.46. The first-order chi connectivity index (χ1) is 15.3. The topological polar surface area (TPSA) is 116 Å². The molecule has 0 aliphatic carbocycles. The summed E-state index contributed by atoms with van der Waals surface area (Å²) >= 11 is 0. The Bertz CT molecular complexity index is 1360. The van der Waals surface area contributed by atoms with Crippen molar-refractivity contribution in [2.75, 3.05) is 25.5 Å². The molecule has 0 atom stereocenters. The van der Waals surface area contributed by atoms with E-state index >= 15 is 0 Å². The number of nitrogens with zero attached hydrogens (tertiary/aromatic N) is 4. The van der Waals surface area contributed by atoms with Gasteiger partial charge in [0.15, 0.2) is 6.61 Å². The molecule has 10 nitrogen and oxygen atoms in total. The van der Waals surface area contributed by atoms with E-state index in [1.807, 2.05) is 31.3 Å². The molecule has 10 heteroatoms. The standard InChI is InChI=1S/C22H23N5O5/c1-25-9-8-16-14(11-25)20(13-6-4-5-7-15(13)23-16)21(30)32-12-18(28)24-17-10-19(29)27(3)22(31)26(17)2/h4-7,10H,8-9,11-12H2,1-3H3,(H,24,28). The number of carbonyl (C=O) groups excluding carboxylic acids is 2. The zero-order valence-corrected chi connectivity index (χ0v) is 18.0. The van der Waals surface area contributed by atoms with Gasteiger partial charge in [-0.3, -0.25) is 23.7 Å². The van der Waals surface area contributed by atoms with Gasteiger partial charge in [0.05, 0.1) is 11.1 Å². The zero-order chi connectivity index (χ0) is 23.0. The minimum absolute atomic E-state index is 0.0208. The minimum Gasteiger partial charge on any atom is -0.452 e. The number of fused-ring (bicyclic) bond motifs is 2. The van der Waals surface area contributed by atoms with Crippen LogP contribution in [0.2, 0.25) is 0 Å². The molecule has 1 amide bonds. The van der Waals surface area contributed by atoms with Crippen molar-refractivity contribution in [3.05, 3.63) is 68.0 Å². The van der Waals surface area contributed by atoms with Crippen LogP contribution in [0.25, 0.3) is 10.9 Å². The number of carbonyl (C=O) groups is 2. The van der Waals surface area contributed by atoms with Crippen LogP contribution in [0.15, 0.2) is 39.9 Å². The number of para-hydroxylation sites is 1. The largest absolute Gasteiger partial charge is 0.452 e. The van der Waals surface area contributed by atoms with Crippen LogP contribution in [0.3, 0.4) is 0 Å². The van der Waals surface area contributed by atoms with Crippen LogP contribution < -0.4 is 16.6 Å². The fourth-order valence-corrected chi connectivity index (χ4v) is 3.79. The Morgan fingerprint density at radius 3 is 2.66 bits per heavy atom. The molecule has 1 N–H and O–H groups in total.